The molecule has 1 aromatic rings. The van der Waals surface area contributed by atoms with E-state index in [4.69, 9.17) is 5.73 Å². The first-order chi connectivity index (χ1) is 6.65. The van der Waals surface area contributed by atoms with Crippen molar-refractivity contribution in [3.8, 4) is 0 Å². The highest BCUT2D eigenvalue weighted by molar-refractivity contribution is 14.1. The Morgan fingerprint density at radius 2 is 2.13 bits per heavy atom. The lowest BCUT2D eigenvalue weighted by atomic mass is 9.99. The summed E-state index contributed by atoms with van der Waals surface area (Å²) in [7, 11) is 0. The third-order valence-electron chi connectivity index (χ3n) is 2.23. The molecule has 0 bridgehead atoms. The zero-order valence-electron chi connectivity index (χ0n) is 8.69. The Bertz CT molecular complexity index is 296. The number of hydrogen-bond donors (Lipinski definition) is 2. The molecule has 0 aliphatic heterocycles. The van der Waals surface area contributed by atoms with Crippen molar-refractivity contribution < 1.29 is 5.11 Å². The predicted octanol–water partition coefficient (Wildman–Crippen LogP) is 2.87. The van der Waals surface area contributed by atoms with E-state index in [9.17, 15) is 5.11 Å². The summed E-state index contributed by atoms with van der Waals surface area (Å²) in [6, 6.07) is 7.71. The molecule has 1 aromatic carbocycles. The van der Waals surface area contributed by atoms with Crippen molar-refractivity contribution in [2.24, 2.45) is 5.73 Å². The summed E-state index contributed by atoms with van der Waals surface area (Å²) in [5.74, 6) is 0. The number of rotatable bonds is 4. The maximum atomic E-state index is 9.73. The van der Waals surface area contributed by atoms with Crippen molar-refractivity contribution in [2.45, 2.75) is 31.9 Å². The molecular formula is C11H17ClINO. The van der Waals surface area contributed by atoms with E-state index in [0.717, 1.165) is 22.0 Å². The average Bonchev–Trinajstić information content (AvgIpc) is 2.17. The molecule has 0 heterocycles. The second-order valence-corrected chi connectivity index (χ2v) is 4.68. The molecule has 0 amide bonds. The molecule has 86 valence electrons. The topological polar surface area (TPSA) is 46.2 Å². The van der Waals surface area contributed by atoms with Crippen molar-refractivity contribution in [2.75, 3.05) is 0 Å². The van der Waals surface area contributed by atoms with E-state index in [1.54, 1.807) is 0 Å². The van der Waals surface area contributed by atoms with Crippen LogP contribution in [0.2, 0.25) is 0 Å². The number of aliphatic hydroxyl groups excluding tert-OH is 1. The highest BCUT2D eigenvalue weighted by Gasteiger charge is 2.15. The van der Waals surface area contributed by atoms with Crippen LogP contribution in [0.15, 0.2) is 24.3 Å². The third-order valence-corrected chi connectivity index (χ3v) is 2.90. The Labute approximate surface area is 111 Å². The summed E-state index contributed by atoms with van der Waals surface area (Å²) in [6.45, 7) is 2.05. The van der Waals surface area contributed by atoms with Gasteiger partial charge in [-0.05, 0) is 46.7 Å². The van der Waals surface area contributed by atoms with Gasteiger partial charge in [-0.25, -0.2) is 0 Å². The molecule has 0 aliphatic carbocycles. The maximum absolute atomic E-state index is 9.73. The van der Waals surface area contributed by atoms with Gasteiger partial charge in [-0.3, -0.25) is 0 Å². The van der Waals surface area contributed by atoms with E-state index in [1.165, 1.54) is 0 Å². The lowest BCUT2D eigenvalue weighted by molar-refractivity contribution is 0.134. The number of nitrogens with two attached hydrogens (primary N) is 1. The molecule has 0 unspecified atom stereocenters. The van der Waals surface area contributed by atoms with Gasteiger partial charge in [0.25, 0.3) is 0 Å². The molecule has 3 N–H and O–H groups in total. The van der Waals surface area contributed by atoms with Gasteiger partial charge >= 0.3 is 0 Å². The molecule has 1 rings (SSSR count). The third kappa shape index (κ3) is 4.68. The number of halogens is 2. The van der Waals surface area contributed by atoms with E-state index in [-0.39, 0.29) is 18.4 Å². The fraction of sp³-hybridized carbons (Fsp3) is 0.455. The van der Waals surface area contributed by atoms with Gasteiger partial charge in [0.1, 0.15) is 0 Å². The Kier molecular flexibility index (Phi) is 7.52. The summed E-state index contributed by atoms with van der Waals surface area (Å²) in [4.78, 5) is 0. The molecule has 0 saturated carbocycles. The van der Waals surface area contributed by atoms with Gasteiger partial charge in [0.05, 0.1) is 12.1 Å². The van der Waals surface area contributed by atoms with Gasteiger partial charge in [-0.1, -0.05) is 25.5 Å². The van der Waals surface area contributed by atoms with Crippen LogP contribution < -0.4 is 5.73 Å². The van der Waals surface area contributed by atoms with E-state index >= 15 is 0 Å². The molecule has 2 atom stereocenters. The summed E-state index contributed by atoms with van der Waals surface area (Å²) in [5, 5.41) is 9.73. The minimum absolute atomic E-state index is 0. The van der Waals surface area contributed by atoms with Crippen LogP contribution in [0.25, 0.3) is 0 Å². The van der Waals surface area contributed by atoms with E-state index in [2.05, 4.69) is 22.6 Å². The standard InChI is InChI=1S/C11H16INO.ClH/c1-2-4-10(14)11(13)8-5-3-6-9(12)7-8;/h3,5-7,10-11,14H,2,4,13H2,1H3;1H/t10-,11+;/m0./s1. The second-order valence-electron chi connectivity index (χ2n) is 3.44. The van der Waals surface area contributed by atoms with Crippen LogP contribution in [0.3, 0.4) is 0 Å². The summed E-state index contributed by atoms with van der Waals surface area (Å²) >= 11 is 2.25. The van der Waals surface area contributed by atoms with Gasteiger partial charge in [0.2, 0.25) is 0 Å². The Balaban J connectivity index is 0.00000196. The molecule has 15 heavy (non-hydrogen) atoms. The molecule has 4 heteroatoms. The van der Waals surface area contributed by atoms with Gasteiger partial charge in [0, 0.05) is 3.57 Å². The van der Waals surface area contributed by atoms with Crippen LogP contribution in [0.5, 0.6) is 0 Å². The monoisotopic (exact) mass is 341 g/mol. The van der Waals surface area contributed by atoms with Gasteiger partial charge in [-0.2, -0.15) is 0 Å². The van der Waals surface area contributed by atoms with Crippen LogP contribution in [0.1, 0.15) is 31.4 Å². The number of aliphatic hydroxyl groups is 1. The zero-order valence-corrected chi connectivity index (χ0v) is 11.7. The van der Waals surface area contributed by atoms with Crippen molar-refractivity contribution in [1.29, 1.82) is 0 Å². The van der Waals surface area contributed by atoms with Crippen LogP contribution in [0, 0.1) is 3.57 Å². The maximum Gasteiger partial charge on any atom is 0.0732 e. The molecule has 0 aromatic heterocycles. The summed E-state index contributed by atoms with van der Waals surface area (Å²) < 4.78 is 1.15. The van der Waals surface area contributed by atoms with Crippen molar-refractivity contribution in [1.82, 2.24) is 0 Å². The molecule has 0 fully saturated rings. The molecular weight excluding hydrogens is 324 g/mol. The first kappa shape index (κ1) is 15.2. The van der Waals surface area contributed by atoms with Gasteiger partial charge in [0.15, 0.2) is 0 Å². The fourth-order valence-corrected chi connectivity index (χ4v) is 1.98. The Morgan fingerprint density at radius 3 is 2.67 bits per heavy atom. The Hall–Kier alpha value is 0.160. The molecule has 0 aliphatic rings. The van der Waals surface area contributed by atoms with Crippen molar-refractivity contribution in [3.05, 3.63) is 33.4 Å². The van der Waals surface area contributed by atoms with E-state index in [0.29, 0.717) is 0 Å². The predicted molar refractivity (Wildman–Crippen MR) is 74.3 cm³/mol. The Morgan fingerprint density at radius 1 is 1.47 bits per heavy atom. The van der Waals surface area contributed by atoms with E-state index < -0.39 is 6.10 Å². The zero-order chi connectivity index (χ0) is 10.6. The average molecular weight is 342 g/mol. The molecule has 0 saturated heterocycles. The van der Waals surface area contributed by atoms with Gasteiger partial charge < -0.3 is 10.8 Å². The van der Waals surface area contributed by atoms with Crippen LogP contribution in [0.4, 0.5) is 0 Å². The number of hydrogen-bond acceptors (Lipinski definition) is 2. The lowest BCUT2D eigenvalue weighted by Gasteiger charge is -2.18. The normalized spacial score (nSPS) is 14.1. The first-order valence-corrected chi connectivity index (χ1v) is 5.92. The summed E-state index contributed by atoms with van der Waals surface area (Å²) in [6.07, 6.45) is 1.28. The fourth-order valence-electron chi connectivity index (χ4n) is 1.41. The minimum atomic E-state index is -0.432. The SMILES string of the molecule is CCC[C@H](O)[C@H](N)c1cccc(I)c1.Cl. The van der Waals surface area contributed by atoms with Crippen LogP contribution in [-0.4, -0.2) is 11.2 Å². The number of benzene rings is 1. The van der Waals surface area contributed by atoms with Crippen LogP contribution >= 0.6 is 35.0 Å². The van der Waals surface area contributed by atoms with Crippen LogP contribution in [-0.2, 0) is 0 Å². The van der Waals surface area contributed by atoms with E-state index in [1.807, 2.05) is 31.2 Å². The molecule has 0 radical (unpaired) electrons. The lowest BCUT2D eigenvalue weighted by Crippen LogP contribution is -2.25. The quantitative estimate of drug-likeness (QED) is 0.827. The van der Waals surface area contributed by atoms with Crippen molar-refractivity contribution >= 4 is 35.0 Å². The van der Waals surface area contributed by atoms with Gasteiger partial charge in [-0.15, -0.1) is 12.4 Å². The minimum Gasteiger partial charge on any atom is -0.391 e. The second kappa shape index (κ2) is 7.44. The highest BCUT2D eigenvalue weighted by atomic mass is 127. The highest BCUT2D eigenvalue weighted by Crippen LogP contribution is 2.19. The van der Waals surface area contributed by atoms with Crippen molar-refractivity contribution in [3.63, 3.8) is 0 Å². The molecule has 0 spiro atoms. The molecule has 2 nitrogen and oxygen atoms in total. The first-order valence-electron chi connectivity index (χ1n) is 4.84. The largest absolute Gasteiger partial charge is 0.391 e. The smallest absolute Gasteiger partial charge is 0.0732 e. The summed E-state index contributed by atoms with van der Waals surface area (Å²) in [5.41, 5.74) is 6.95.